The van der Waals surface area contributed by atoms with Gasteiger partial charge in [-0.2, -0.15) is 5.10 Å². The maximum Gasteiger partial charge on any atom is 0.342 e. The lowest BCUT2D eigenvalue weighted by molar-refractivity contribution is -0.127. The molecule has 0 saturated carbocycles. The average Bonchev–Trinajstić information content (AvgIpc) is 3.02. The summed E-state index contributed by atoms with van der Waals surface area (Å²) in [7, 11) is 0. The number of rotatable bonds is 4. The summed E-state index contributed by atoms with van der Waals surface area (Å²) in [5, 5.41) is 9.77. The van der Waals surface area contributed by atoms with Gasteiger partial charge in [0.2, 0.25) is 0 Å². The van der Waals surface area contributed by atoms with E-state index in [4.69, 9.17) is 23.2 Å². The highest BCUT2D eigenvalue weighted by atomic mass is 35.5. The number of Topliss-reactive ketones (excluding diaryl/α,β-unsaturated/α-hetero) is 1. The molecule has 0 saturated heterocycles. The Balaban J connectivity index is 1.92. The van der Waals surface area contributed by atoms with Gasteiger partial charge in [0.15, 0.2) is 0 Å². The molecular weight excluding hydrogens is 397 g/mol. The summed E-state index contributed by atoms with van der Waals surface area (Å²) in [6, 6.07) is 13.5. The van der Waals surface area contributed by atoms with Crippen molar-refractivity contribution in [3.05, 3.63) is 64.1 Å². The highest BCUT2D eigenvalue weighted by Crippen LogP contribution is 2.35. The number of ketones is 1. The molecule has 0 spiro atoms. The molecule has 146 valence electrons. The molecule has 1 atom stereocenters. The van der Waals surface area contributed by atoms with Gasteiger partial charge in [0.1, 0.15) is 5.78 Å². The van der Waals surface area contributed by atoms with E-state index >= 15 is 0 Å². The number of benzene rings is 2. The number of nitrogens with one attached hydrogen (secondary N) is 1. The van der Waals surface area contributed by atoms with E-state index in [9.17, 15) is 9.59 Å². The van der Waals surface area contributed by atoms with Crippen LogP contribution >= 0.6 is 23.2 Å². The summed E-state index contributed by atoms with van der Waals surface area (Å²) in [5.41, 5.74) is 1.03. The number of hydrogen-bond donors (Lipinski definition) is 1. The zero-order valence-electron chi connectivity index (χ0n) is 15.9. The van der Waals surface area contributed by atoms with Crippen molar-refractivity contribution in [2.24, 2.45) is 16.4 Å². The summed E-state index contributed by atoms with van der Waals surface area (Å²) < 4.78 is 0. The minimum absolute atomic E-state index is 0.0305. The molecule has 0 fully saturated rings. The van der Waals surface area contributed by atoms with Crippen molar-refractivity contribution in [1.82, 2.24) is 5.01 Å². The van der Waals surface area contributed by atoms with Crippen LogP contribution in [0.5, 0.6) is 0 Å². The number of halogens is 2. The summed E-state index contributed by atoms with van der Waals surface area (Å²) in [5.74, 6) is -0.162. The maximum atomic E-state index is 13.0. The Morgan fingerprint density at radius 3 is 2.11 bits per heavy atom. The van der Waals surface area contributed by atoms with E-state index in [1.807, 2.05) is 32.9 Å². The fourth-order valence-corrected chi connectivity index (χ4v) is 3.55. The van der Waals surface area contributed by atoms with Crippen molar-refractivity contribution >= 4 is 46.4 Å². The Morgan fingerprint density at radius 1 is 1.04 bits per heavy atom. The highest BCUT2D eigenvalue weighted by Gasteiger charge is 2.47. The second kappa shape index (κ2) is 7.94. The Bertz CT molecular complexity index is 924. The molecule has 1 unspecified atom stereocenters. The molecule has 2 amide bonds. The maximum absolute atomic E-state index is 13.0. The van der Waals surface area contributed by atoms with Crippen LogP contribution in [0.2, 0.25) is 10.0 Å². The Morgan fingerprint density at radius 2 is 1.57 bits per heavy atom. The molecule has 0 aromatic heterocycles. The van der Waals surface area contributed by atoms with Crippen molar-refractivity contribution in [3.63, 3.8) is 0 Å². The van der Waals surface area contributed by atoms with Crippen LogP contribution in [-0.2, 0) is 4.79 Å². The third kappa shape index (κ3) is 4.05. The van der Waals surface area contributed by atoms with Crippen LogP contribution in [0.4, 0.5) is 10.5 Å². The number of hydrogen-bond acceptors (Lipinski definition) is 3. The first-order valence-electron chi connectivity index (χ1n) is 8.94. The van der Waals surface area contributed by atoms with Crippen LogP contribution in [0.3, 0.4) is 0 Å². The number of nitrogens with zero attached hydrogens (tertiary/aromatic N) is 2. The molecular formula is C21H21Cl2N3O2. The van der Waals surface area contributed by atoms with E-state index in [-0.39, 0.29) is 18.2 Å². The van der Waals surface area contributed by atoms with Crippen molar-refractivity contribution < 1.29 is 9.59 Å². The van der Waals surface area contributed by atoms with Gasteiger partial charge >= 0.3 is 6.03 Å². The molecule has 28 heavy (non-hydrogen) atoms. The molecule has 1 heterocycles. The van der Waals surface area contributed by atoms with Crippen molar-refractivity contribution in [2.75, 3.05) is 11.9 Å². The predicted molar refractivity (Wildman–Crippen MR) is 113 cm³/mol. The van der Waals surface area contributed by atoms with Gasteiger partial charge in [-0.3, -0.25) is 4.79 Å². The van der Waals surface area contributed by atoms with Gasteiger partial charge in [0.05, 0.1) is 17.7 Å². The van der Waals surface area contributed by atoms with Gasteiger partial charge in [-0.25, -0.2) is 9.80 Å². The van der Waals surface area contributed by atoms with E-state index in [1.165, 1.54) is 5.01 Å². The first kappa shape index (κ1) is 20.4. The first-order chi connectivity index (χ1) is 13.2. The topological polar surface area (TPSA) is 61.8 Å². The molecule has 2 aromatic rings. The summed E-state index contributed by atoms with van der Waals surface area (Å²) in [6.07, 6.45) is 0. The number of carbonyl (C=O) groups excluding carboxylic acids is 2. The standard InChI is InChI=1S/C21H21Cl2N3O2/c1-13(2)19(27)21(3)12-26(20(28)24-17-10-8-16(23)9-11-17)25-18(21)14-4-6-15(22)7-5-14/h4-11,13H,12H2,1-3H3,(H,24,28). The van der Waals surface area contributed by atoms with Gasteiger partial charge in [0, 0.05) is 21.7 Å². The lowest BCUT2D eigenvalue weighted by Gasteiger charge is -2.26. The number of amides is 2. The lowest BCUT2D eigenvalue weighted by atomic mass is 9.75. The monoisotopic (exact) mass is 417 g/mol. The van der Waals surface area contributed by atoms with Crippen LogP contribution < -0.4 is 5.32 Å². The van der Waals surface area contributed by atoms with Gasteiger partial charge in [-0.15, -0.1) is 0 Å². The Hall–Kier alpha value is -2.37. The second-order valence-corrected chi connectivity index (χ2v) is 8.17. The van der Waals surface area contributed by atoms with E-state index in [1.54, 1.807) is 36.4 Å². The first-order valence-corrected chi connectivity index (χ1v) is 9.70. The number of urea groups is 1. The molecule has 1 aliphatic heterocycles. The molecule has 1 aliphatic rings. The van der Waals surface area contributed by atoms with Gasteiger partial charge in [-0.1, -0.05) is 49.2 Å². The van der Waals surface area contributed by atoms with E-state index in [0.29, 0.717) is 21.4 Å². The van der Waals surface area contributed by atoms with Gasteiger partial charge < -0.3 is 5.32 Å². The molecule has 0 bridgehead atoms. The van der Waals surface area contributed by atoms with Gasteiger partial charge in [-0.05, 0) is 48.9 Å². The molecule has 3 rings (SSSR count). The highest BCUT2D eigenvalue weighted by molar-refractivity contribution is 6.31. The quantitative estimate of drug-likeness (QED) is 0.715. The molecule has 2 aromatic carbocycles. The van der Waals surface area contributed by atoms with Crippen LogP contribution in [-0.4, -0.2) is 29.1 Å². The number of carbonyl (C=O) groups is 2. The van der Waals surface area contributed by atoms with Crippen LogP contribution in [0.25, 0.3) is 0 Å². The fraction of sp³-hybridized carbons (Fsp3) is 0.286. The summed E-state index contributed by atoms with van der Waals surface area (Å²) in [4.78, 5) is 25.8. The van der Waals surface area contributed by atoms with Gasteiger partial charge in [0.25, 0.3) is 0 Å². The van der Waals surface area contributed by atoms with Crippen molar-refractivity contribution in [2.45, 2.75) is 20.8 Å². The van der Waals surface area contributed by atoms with E-state index < -0.39 is 11.4 Å². The predicted octanol–water partition coefficient (Wildman–Crippen LogP) is 5.48. The Labute approximate surface area is 174 Å². The van der Waals surface area contributed by atoms with E-state index in [2.05, 4.69) is 10.4 Å². The zero-order valence-corrected chi connectivity index (χ0v) is 17.4. The van der Waals surface area contributed by atoms with Crippen LogP contribution in [0.1, 0.15) is 26.3 Å². The summed E-state index contributed by atoms with van der Waals surface area (Å²) in [6.45, 7) is 5.70. The third-order valence-corrected chi connectivity index (χ3v) is 5.23. The fourth-order valence-electron chi connectivity index (χ4n) is 3.30. The smallest absolute Gasteiger partial charge is 0.306 e. The SMILES string of the molecule is CC(C)C(=O)C1(C)CN(C(=O)Nc2ccc(Cl)cc2)N=C1c1ccc(Cl)cc1. The van der Waals surface area contributed by atoms with Crippen LogP contribution in [0, 0.1) is 11.3 Å². The molecule has 5 nitrogen and oxygen atoms in total. The van der Waals surface area contributed by atoms with E-state index in [0.717, 1.165) is 5.56 Å². The summed E-state index contributed by atoms with van der Waals surface area (Å²) >= 11 is 11.9. The van der Waals surface area contributed by atoms with Crippen molar-refractivity contribution in [3.8, 4) is 0 Å². The number of hydrazone groups is 1. The molecule has 0 radical (unpaired) electrons. The van der Waals surface area contributed by atoms with Crippen LogP contribution in [0.15, 0.2) is 53.6 Å². The number of anilines is 1. The molecule has 1 N–H and O–H groups in total. The normalized spacial score (nSPS) is 18.9. The minimum atomic E-state index is -0.903. The van der Waals surface area contributed by atoms with Crippen molar-refractivity contribution in [1.29, 1.82) is 0 Å². The lowest BCUT2D eigenvalue weighted by Crippen LogP contribution is -2.43. The largest absolute Gasteiger partial charge is 0.342 e. The minimum Gasteiger partial charge on any atom is -0.306 e. The molecule has 0 aliphatic carbocycles. The second-order valence-electron chi connectivity index (χ2n) is 7.30. The zero-order chi connectivity index (χ0) is 20.5. The third-order valence-electron chi connectivity index (χ3n) is 4.73. The Kier molecular flexibility index (Phi) is 5.77. The average molecular weight is 418 g/mol. The molecule has 7 heteroatoms.